The monoisotopic (exact) mass is 331 g/mol. The van der Waals surface area contributed by atoms with Gasteiger partial charge in [-0.05, 0) is 43.6 Å². The Morgan fingerprint density at radius 3 is 2.54 bits per heavy atom. The van der Waals surface area contributed by atoms with E-state index in [2.05, 4.69) is 41.8 Å². The van der Waals surface area contributed by atoms with Crippen LogP contribution in [0.4, 0.5) is 0 Å². The Morgan fingerprint density at radius 1 is 1.12 bits per heavy atom. The van der Waals surface area contributed by atoms with Crippen LogP contribution in [-0.2, 0) is 6.42 Å². The molecule has 0 aliphatic heterocycles. The van der Waals surface area contributed by atoms with Crippen LogP contribution < -0.4 is 10.6 Å². The normalized spacial score (nSPS) is 17.5. The molecule has 3 N–H and O–H groups in total. The molecule has 0 atom stereocenters. The molecule has 0 heterocycles. The van der Waals surface area contributed by atoms with Gasteiger partial charge in [0, 0.05) is 26.2 Å². The number of rotatable bonds is 8. The molecular formula is C20H33N3O. The number of aliphatic hydroxyl groups excluding tert-OH is 1. The van der Waals surface area contributed by atoms with Crippen LogP contribution in [0.1, 0.15) is 51.0 Å². The molecule has 0 radical (unpaired) electrons. The molecule has 0 bridgehead atoms. The lowest BCUT2D eigenvalue weighted by molar-refractivity contribution is 0.137. The van der Waals surface area contributed by atoms with E-state index in [0.717, 1.165) is 38.4 Å². The van der Waals surface area contributed by atoms with Crippen LogP contribution in [0.5, 0.6) is 0 Å². The molecule has 1 aliphatic rings. The highest BCUT2D eigenvalue weighted by atomic mass is 16.3. The summed E-state index contributed by atoms with van der Waals surface area (Å²) >= 11 is 0. The van der Waals surface area contributed by atoms with Crippen molar-refractivity contribution in [1.82, 2.24) is 10.6 Å². The van der Waals surface area contributed by atoms with E-state index in [1.54, 1.807) is 0 Å². The molecule has 1 aromatic rings. The van der Waals surface area contributed by atoms with Crippen LogP contribution in [-0.4, -0.2) is 37.3 Å². The lowest BCUT2D eigenvalue weighted by atomic mass is 9.72. The summed E-state index contributed by atoms with van der Waals surface area (Å²) in [7, 11) is 0. The van der Waals surface area contributed by atoms with E-state index in [9.17, 15) is 5.11 Å². The summed E-state index contributed by atoms with van der Waals surface area (Å²) in [6.07, 6.45) is 8.13. The van der Waals surface area contributed by atoms with Crippen molar-refractivity contribution < 1.29 is 5.11 Å². The molecule has 0 saturated heterocycles. The topological polar surface area (TPSA) is 56.7 Å². The van der Waals surface area contributed by atoms with Crippen LogP contribution in [0.3, 0.4) is 0 Å². The lowest BCUT2D eigenvalue weighted by Crippen LogP contribution is -2.40. The maximum Gasteiger partial charge on any atom is 0.191 e. The van der Waals surface area contributed by atoms with Gasteiger partial charge in [0.25, 0.3) is 0 Å². The third-order valence-electron chi connectivity index (χ3n) is 5.02. The fraction of sp³-hybridized carbons (Fsp3) is 0.650. The Hall–Kier alpha value is -1.55. The van der Waals surface area contributed by atoms with E-state index in [1.165, 1.54) is 37.7 Å². The van der Waals surface area contributed by atoms with Gasteiger partial charge in [-0.25, -0.2) is 0 Å². The molecule has 0 unspecified atom stereocenters. The molecule has 1 fully saturated rings. The van der Waals surface area contributed by atoms with Gasteiger partial charge in [-0.3, -0.25) is 4.99 Å². The van der Waals surface area contributed by atoms with E-state index in [0.29, 0.717) is 0 Å². The second-order valence-corrected chi connectivity index (χ2v) is 6.89. The molecular weight excluding hydrogens is 298 g/mol. The third-order valence-corrected chi connectivity index (χ3v) is 5.02. The number of guanidine groups is 1. The lowest BCUT2D eigenvalue weighted by Gasteiger charge is -2.35. The standard InChI is InChI=1S/C20H33N3O/c1-2-21-19(22-15-11-18-9-5-3-6-10-18)23-17-20(14-16-24)12-7-4-8-13-20/h3,5-6,9-10,24H,2,4,7-8,11-17H2,1H3,(H2,21,22,23). The Bertz CT molecular complexity index is 475. The molecule has 2 rings (SSSR count). The first kappa shape index (κ1) is 18.8. The number of hydrogen-bond donors (Lipinski definition) is 3. The summed E-state index contributed by atoms with van der Waals surface area (Å²) in [5.41, 5.74) is 1.54. The molecule has 0 spiro atoms. The highest BCUT2D eigenvalue weighted by Crippen LogP contribution is 2.39. The molecule has 1 saturated carbocycles. The average Bonchev–Trinajstić information content (AvgIpc) is 2.62. The Morgan fingerprint density at radius 2 is 1.88 bits per heavy atom. The minimum atomic E-state index is 0.203. The minimum Gasteiger partial charge on any atom is -0.396 e. The first-order valence-corrected chi connectivity index (χ1v) is 9.45. The number of aliphatic hydroxyl groups is 1. The quantitative estimate of drug-likeness (QED) is 0.507. The zero-order valence-corrected chi connectivity index (χ0v) is 15.1. The molecule has 4 heteroatoms. The van der Waals surface area contributed by atoms with E-state index in [1.807, 2.05) is 6.07 Å². The van der Waals surface area contributed by atoms with Crippen molar-refractivity contribution >= 4 is 5.96 Å². The summed E-state index contributed by atoms with van der Waals surface area (Å²) in [6, 6.07) is 10.5. The van der Waals surface area contributed by atoms with Crippen LogP contribution in [0, 0.1) is 5.41 Å². The van der Waals surface area contributed by atoms with Gasteiger partial charge in [0.05, 0.1) is 0 Å². The summed E-state index contributed by atoms with van der Waals surface area (Å²) in [5, 5.41) is 16.2. The van der Waals surface area contributed by atoms with Gasteiger partial charge in [-0.2, -0.15) is 0 Å². The number of benzene rings is 1. The molecule has 0 amide bonds. The summed E-state index contributed by atoms with van der Waals surface area (Å²) in [5.74, 6) is 0.899. The van der Waals surface area contributed by atoms with Crippen LogP contribution in [0.25, 0.3) is 0 Å². The predicted octanol–water partition coefficient (Wildman–Crippen LogP) is 3.12. The van der Waals surface area contributed by atoms with Crippen LogP contribution in [0.2, 0.25) is 0 Å². The fourth-order valence-electron chi connectivity index (χ4n) is 3.58. The molecule has 1 aromatic carbocycles. The van der Waals surface area contributed by atoms with Crippen molar-refractivity contribution in [3.63, 3.8) is 0 Å². The predicted molar refractivity (Wildman–Crippen MR) is 101 cm³/mol. The molecule has 134 valence electrons. The van der Waals surface area contributed by atoms with Crippen molar-refractivity contribution in [1.29, 1.82) is 0 Å². The van der Waals surface area contributed by atoms with Gasteiger partial charge in [-0.1, -0.05) is 49.6 Å². The van der Waals surface area contributed by atoms with Gasteiger partial charge in [0.15, 0.2) is 5.96 Å². The Labute approximate surface area is 146 Å². The van der Waals surface area contributed by atoms with Gasteiger partial charge < -0.3 is 15.7 Å². The van der Waals surface area contributed by atoms with Crippen molar-refractivity contribution in [3.05, 3.63) is 35.9 Å². The average molecular weight is 332 g/mol. The number of aliphatic imine (C=N–C) groups is 1. The molecule has 1 aliphatic carbocycles. The Balaban J connectivity index is 1.88. The van der Waals surface area contributed by atoms with E-state index in [-0.39, 0.29) is 12.0 Å². The smallest absolute Gasteiger partial charge is 0.191 e. The van der Waals surface area contributed by atoms with Crippen LogP contribution >= 0.6 is 0 Å². The maximum absolute atomic E-state index is 9.44. The van der Waals surface area contributed by atoms with Gasteiger partial charge in [-0.15, -0.1) is 0 Å². The van der Waals surface area contributed by atoms with Crippen LogP contribution in [0.15, 0.2) is 35.3 Å². The largest absolute Gasteiger partial charge is 0.396 e. The maximum atomic E-state index is 9.44. The highest BCUT2D eigenvalue weighted by Gasteiger charge is 2.31. The molecule has 0 aromatic heterocycles. The summed E-state index contributed by atoms with van der Waals surface area (Å²) in [4.78, 5) is 4.84. The van der Waals surface area contributed by atoms with Gasteiger partial charge in [0.2, 0.25) is 0 Å². The number of nitrogens with zero attached hydrogens (tertiary/aromatic N) is 1. The second kappa shape index (κ2) is 10.3. The first-order valence-electron chi connectivity index (χ1n) is 9.45. The molecule has 4 nitrogen and oxygen atoms in total. The molecule has 24 heavy (non-hydrogen) atoms. The van der Waals surface area contributed by atoms with Crippen molar-refractivity contribution in [2.24, 2.45) is 10.4 Å². The first-order chi connectivity index (χ1) is 11.8. The van der Waals surface area contributed by atoms with Gasteiger partial charge in [0.1, 0.15) is 0 Å². The minimum absolute atomic E-state index is 0.203. The van der Waals surface area contributed by atoms with E-state index < -0.39 is 0 Å². The van der Waals surface area contributed by atoms with Crippen molar-refractivity contribution in [3.8, 4) is 0 Å². The van der Waals surface area contributed by atoms with Gasteiger partial charge >= 0.3 is 0 Å². The SMILES string of the molecule is CCNC(=NCC1(CCO)CCCCC1)NCCc1ccccc1. The fourth-order valence-corrected chi connectivity index (χ4v) is 3.58. The summed E-state index contributed by atoms with van der Waals surface area (Å²) < 4.78 is 0. The zero-order valence-electron chi connectivity index (χ0n) is 15.1. The van der Waals surface area contributed by atoms with Crippen molar-refractivity contribution in [2.45, 2.75) is 51.9 Å². The van der Waals surface area contributed by atoms with Crippen molar-refractivity contribution in [2.75, 3.05) is 26.2 Å². The third kappa shape index (κ3) is 6.16. The summed E-state index contributed by atoms with van der Waals surface area (Å²) in [6.45, 7) is 4.92. The second-order valence-electron chi connectivity index (χ2n) is 6.89. The van der Waals surface area contributed by atoms with E-state index >= 15 is 0 Å². The van der Waals surface area contributed by atoms with E-state index in [4.69, 9.17) is 4.99 Å². The zero-order chi connectivity index (χ0) is 17.1. The number of nitrogens with one attached hydrogen (secondary N) is 2. The number of hydrogen-bond acceptors (Lipinski definition) is 2. The Kier molecular flexibility index (Phi) is 8.10. The highest BCUT2D eigenvalue weighted by molar-refractivity contribution is 5.79.